The lowest BCUT2D eigenvalue weighted by atomic mass is 10.1. The molecule has 5 nitrogen and oxygen atoms in total. The van der Waals surface area contributed by atoms with Gasteiger partial charge in [0, 0.05) is 37.7 Å². The monoisotopic (exact) mass is 340 g/mol. The van der Waals surface area contributed by atoms with E-state index >= 15 is 0 Å². The van der Waals surface area contributed by atoms with Crippen LogP contribution in [-0.2, 0) is 0 Å². The molecule has 1 fully saturated rings. The molecule has 1 aliphatic heterocycles. The van der Waals surface area contributed by atoms with Crippen molar-refractivity contribution in [3.05, 3.63) is 53.7 Å². The third kappa shape index (κ3) is 4.29. The third-order valence-corrected chi connectivity index (χ3v) is 4.30. The second-order valence-corrected chi connectivity index (χ2v) is 6.16. The minimum Gasteiger partial charge on any atom is -0.493 e. The van der Waals surface area contributed by atoms with Gasteiger partial charge in [-0.25, -0.2) is 4.98 Å². The van der Waals surface area contributed by atoms with Crippen molar-refractivity contribution in [1.82, 2.24) is 9.88 Å². The van der Waals surface area contributed by atoms with Crippen molar-refractivity contribution in [3.63, 3.8) is 0 Å². The number of aryl methyl sites for hydroxylation is 1. The van der Waals surface area contributed by atoms with Crippen LogP contribution in [-0.4, -0.2) is 41.6 Å². The molecule has 0 unspecified atom stereocenters. The van der Waals surface area contributed by atoms with Crippen LogP contribution in [0.2, 0.25) is 0 Å². The van der Waals surface area contributed by atoms with E-state index < -0.39 is 0 Å². The van der Waals surface area contributed by atoms with E-state index in [0.717, 1.165) is 18.5 Å². The molecule has 25 heavy (non-hydrogen) atoms. The Bertz CT molecular complexity index is 724. The van der Waals surface area contributed by atoms with Gasteiger partial charge in [-0.3, -0.25) is 4.79 Å². The largest absolute Gasteiger partial charge is 0.493 e. The molecule has 2 aromatic rings. The van der Waals surface area contributed by atoms with E-state index in [1.807, 2.05) is 61.2 Å². The molecule has 1 aromatic carbocycles. The molecular formula is C20H24N2O3. The average Bonchev–Trinajstić information content (AvgIpc) is 2.63. The van der Waals surface area contributed by atoms with Crippen molar-refractivity contribution in [2.45, 2.75) is 32.8 Å². The van der Waals surface area contributed by atoms with E-state index in [1.54, 1.807) is 0 Å². The van der Waals surface area contributed by atoms with Gasteiger partial charge in [0.1, 0.15) is 11.9 Å². The number of rotatable bonds is 5. The third-order valence-electron chi connectivity index (χ3n) is 4.30. The molecule has 0 radical (unpaired) electrons. The molecule has 3 rings (SSSR count). The summed E-state index contributed by atoms with van der Waals surface area (Å²) in [5.74, 6) is 1.33. The average molecular weight is 340 g/mol. The fraction of sp³-hybridized carbons (Fsp3) is 0.400. The molecule has 1 amide bonds. The Morgan fingerprint density at radius 2 is 1.92 bits per heavy atom. The predicted molar refractivity (Wildman–Crippen MR) is 96.1 cm³/mol. The highest BCUT2D eigenvalue weighted by Crippen LogP contribution is 2.23. The summed E-state index contributed by atoms with van der Waals surface area (Å²) in [6.07, 6.45) is 1.71. The molecule has 1 saturated heterocycles. The lowest BCUT2D eigenvalue weighted by molar-refractivity contribution is 0.0584. The number of carbonyl (C=O) groups excluding carboxylic acids is 1. The zero-order valence-corrected chi connectivity index (χ0v) is 14.8. The predicted octanol–water partition coefficient (Wildman–Crippen LogP) is 3.47. The van der Waals surface area contributed by atoms with E-state index in [-0.39, 0.29) is 12.0 Å². The summed E-state index contributed by atoms with van der Waals surface area (Å²) in [6.45, 7) is 5.77. The SMILES string of the molecule is CCOc1ccccc1C(=O)N1CCC(Oc2cccc(C)n2)CC1. The molecule has 132 valence electrons. The number of para-hydroxylation sites is 1. The highest BCUT2D eigenvalue weighted by Gasteiger charge is 2.26. The summed E-state index contributed by atoms with van der Waals surface area (Å²) in [4.78, 5) is 19.1. The van der Waals surface area contributed by atoms with E-state index in [0.29, 0.717) is 36.9 Å². The first-order valence-electron chi connectivity index (χ1n) is 8.78. The maximum atomic E-state index is 12.8. The number of piperidine rings is 1. The first-order valence-corrected chi connectivity index (χ1v) is 8.78. The summed E-state index contributed by atoms with van der Waals surface area (Å²) in [5, 5.41) is 0. The molecule has 1 aromatic heterocycles. The number of amides is 1. The van der Waals surface area contributed by atoms with Crippen LogP contribution >= 0.6 is 0 Å². The van der Waals surface area contributed by atoms with E-state index in [2.05, 4.69) is 4.98 Å². The van der Waals surface area contributed by atoms with Crippen molar-refractivity contribution in [3.8, 4) is 11.6 Å². The quantitative estimate of drug-likeness (QED) is 0.836. The Morgan fingerprint density at radius 3 is 2.64 bits per heavy atom. The second kappa shape index (κ2) is 8.01. The summed E-state index contributed by atoms with van der Waals surface area (Å²) in [5.41, 5.74) is 1.57. The molecule has 2 heterocycles. The van der Waals surface area contributed by atoms with Gasteiger partial charge in [0.25, 0.3) is 5.91 Å². The number of hydrogen-bond acceptors (Lipinski definition) is 4. The number of benzene rings is 1. The zero-order valence-electron chi connectivity index (χ0n) is 14.8. The van der Waals surface area contributed by atoms with Crippen LogP contribution in [0.4, 0.5) is 0 Å². The van der Waals surface area contributed by atoms with Crippen molar-refractivity contribution in [2.75, 3.05) is 19.7 Å². The number of nitrogens with zero attached hydrogens (tertiary/aromatic N) is 2. The molecule has 0 bridgehead atoms. The number of likely N-dealkylation sites (tertiary alicyclic amines) is 1. The molecular weight excluding hydrogens is 316 g/mol. The lowest BCUT2D eigenvalue weighted by Crippen LogP contribution is -2.42. The molecule has 0 atom stereocenters. The van der Waals surface area contributed by atoms with Gasteiger partial charge in [0.15, 0.2) is 0 Å². The standard InChI is InChI=1S/C20H24N2O3/c1-3-24-18-9-5-4-8-17(18)20(23)22-13-11-16(12-14-22)25-19-10-6-7-15(2)21-19/h4-10,16H,3,11-14H2,1-2H3. The number of hydrogen-bond donors (Lipinski definition) is 0. The highest BCUT2D eigenvalue weighted by atomic mass is 16.5. The minimum absolute atomic E-state index is 0.0242. The lowest BCUT2D eigenvalue weighted by Gasteiger charge is -2.32. The van der Waals surface area contributed by atoms with Gasteiger partial charge in [-0.2, -0.15) is 0 Å². The molecule has 5 heteroatoms. The van der Waals surface area contributed by atoms with Crippen LogP contribution in [0, 0.1) is 6.92 Å². The van der Waals surface area contributed by atoms with Gasteiger partial charge in [-0.05, 0) is 32.0 Å². The van der Waals surface area contributed by atoms with Gasteiger partial charge >= 0.3 is 0 Å². The van der Waals surface area contributed by atoms with Crippen molar-refractivity contribution in [2.24, 2.45) is 0 Å². The maximum absolute atomic E-state index is 12.8. The molecule has 0 spiro atoms. The molecule has 0 N–H and O–H groups in total. The number of carbonyl (C=O) groups is 1. The Hall–Kier alpha value is -2.56. The van der Waals surface area contributed by atoms with Crippen LogP contribution in [0.25, 0.3) is 0 Å². The zero-order chi connectivity index (χ0) is 17.6. The summed E-state index contributed by atoms with van der Waals surface area (Å²) in [6, 6.07) is 13.2. The number of aromatic nitrogens is 1. The summed E-state index contributed by atoms with van der Waals surface area (Å²) in [7, 11) is 0. The van der Waals surface area contributed by atoms with Crippen LogP contribution in [0.1, 0.15) is 35.8 Å². The van der Waals surface area contributed by atoms with Crippen LogP contribution in [0.3, 0.4) is 0 Å². The Kier molecular flexibility index (Phi) is 5.53. The normalized spacial score (nSPS) is 15.0. The molecule has 0 aliphatic carbocycles. The van der Waals surface area contributed by atoms with Crippen molar-refractivity contribution >= 4 is 5.91 Å². The maximum Gasteiger partial charge on any atom is 0.257 e. The second-order valence-electron chi connectivity index (χ2n) is 6.16. The van der Waals surface area contributed by atoms with Crippen LogP contribution in [0.15, 0.2) is 42.5 Å². The van der Waals surface area contributed by atoms with Gasteiger partial charge < -0.3 is 14.4 Å². The Labute approximate surface area is 148 Å². The van der Waals surface area contributed by atoms with Gasteiger partial charge in [-0.1, -0.05) is 18.2 Å². The Morgan fingerprint density at radius 1 is 1.16 bits per heavy atom. The summed E-state index contributed by atoms with van der Waals surface area (Å²) < 4.78 is 11.5. The van der Waals surface area contributed by atoms with E-state index in [4.69, 9.17) is 9.47 Å². The highest BCUT2D eigenvalue weighted by molar-refractivity contribution is 5.97. The first kappa shape index (κ1) is 17.3. The summed E-state index contributed by atoms with van der Waals surface area (Å²) >= 11 is 0. The minimum atomic E-state index is 0.0242. The Balaban J connectivity index is 1.59. The van der Waals surface area contributed by atoms with E-state index in [9.17, 15) is 4.79 Å². The number of ether oxygens (including phenoxy) is 2. The smallest absolute Gasteiger partial charge is 0.257 e. The first-order chi connectivity index (χ1) is 12.2. The topological polar surface area (TPSA) is 51.7 Å². The fourth-order valence-electron chi connectivity index (χ4n) is 3.03. The fourth-order valence-corrected chi connectivity index (χ4v) is 3.03. The van der Waals surface area contributed by atoms with Crippen LogP contribution in [0.5, 0.6) is 11.6 Å². The molecule has 1 aliphatic rings. The van der Waals surface area contributed by atoms with Crippen LogP contribution < -0.4 is 9.47 Å². The van der Waals surface area contributed by atoms with Gasteiger partial charge in [0.05, 0.1) is 12.2 Å². The van der Waals surface area contributed by atoms with Crippen molar-refractivity contribution < 1.29 is 14.3 Å². The van der Waals surface area contributed by atoms with Gasteiger partial charge in [0.2, 0.25) is 5.88 Å². The molecule has 0 saturated carbocycles. The van der Waals surface area contributed by atoms with Gasteiger partial charge in [-0.15, -0.1) is 0 Å². The van der Waals surface area contributed by atoms with E-state index in [1.165, 1.54) is 0 Å². The number of pyridine rings is 1. The van der Waals surface area contributed by atoms with Crippen molar-refractivity contribution in [1.29, 1.82) is 0 Å².